The first-order chi connectivity index (χ1) is 5.34. The Kier molecular flexibility index (Phi) is 1.62. The summed E-state index contributed by atoms with van der Waals surface area (Å²) in [7, 11) is 0. The van der Waals surface area contributed by atoms with Crippen LogP contribution in [0.1, 0.15) is 12.8 Å². The summed E-state index contributed by atoms with van der Waals surface area (Å²) >= 11 is 0. The molecule has 6 nitrogen and oxygen atoms in total. The lowest BCUT2D eigenvalue weighted by Crippen LogP contribution is -2.71. The van der Waals surface area contributed by atoms with Crippen molar-refractivity contribution in [2.75, 3.05) is 0 Å². The molecule has 2 unspecified atom stereocenters. The van der Waals surface area contributed by atoms with Crippen LogP contribution in [-0.2, 0) is 9.59 Å². The van der Waals surface area contributed by atoms with Crippen molar-refractivity contribution < 1.29 is 30.0 Å². The Labute approximate surface area is 67.1 Å². The van der Waals surface area contributed by atoms with Crippen LogP contribution in [0.4, 0.5) is 0 Å². The number of carbonyl (C=O) groups is 2. The van der Waals surface area contributed by atoms with Crippen molar-refractivity contribution in [2.24, 2.45) is 0 Å². The predicted molar refractivity (Wildman–Crippen MR) is 34.4 cm³/mol. The monoisotopic (exact) mass is 176 g/mol. The minimum Gasteiger partial charge on any atom is -0.479 e. The van der Waals surface area contributed by atoms with Gasteiger partial charge in [0.05, 0.1) is 0 Å². The number of aliphatic hydroxyl groups is 2. The first-order valence-electron chi connectivity index (χ1n) is 3.26. The summed E-state index contributed by atoms with van der Waals surface area (Å²) in [5.74, 6) is -3.42. The lowest BCUT2D eigenvalue weighted by Gasteiger charge is -2.45. The number of rotatable bonds is 2. The van der Waals surface area contributed by atoms with Crippen molar-refractivity contribution in [1.29, 1.82) is 0 Å². The van der Waals surface area contributed by atoms with Crippen LogP contribution in [0.5, 0.6) is 0 Å². The maximum atomic E-state index is 10.4. The van der Waals surface area contributed by atoms with Crippen LogP contribution in [0.15, 0.2) is 0 Å². The molecule has 0 aromatic carbocycles. The second kappa shape index (κ2) is 2.18. The van der Waals surface area contributed by atoms with E-state index in [1.54, 1.807) is 0 Å². The van der Waals surface area contributed by atoms with E-state index in [-0.39, 0.29) is 12.8 Å². The quantitative estimate of drug-likeness (QED) is 0.403. The SMILES string of the molecule is O=C(O)C1(O)CCC1(O)C(=O)O. The molecule has 1 rings (SSSR count). The largest absolute Gasteiger partial charge is 0.479 e. The zero-order chi connectivity index (χ0) is 9.57. The fourth-order valence-corrected chi connectivity index (χ4v) is 1.17. The minimum absolute atomic E-state index is 0.245. The molecule has 68 valence electrons. The van der Waals surface area contributed by atoms with Crippen molar-refractivity contribution in [2.45, 2.75) is 24.0 Å². The van der Waals surface area contributed by atoms with Crippen molar-refractivity contribution in [1.82, 2.24) is 0 Å². The molecule has 1 saturated carbocycles. The van der Waals surface area contributed by atoms with Crippen molar-refractivity contribution in [3.63, 3.8) is 0 Å². The summed E-state index contributed by atoms with van der Waals surface area (Å²) in [4.78, 5) is 20.7. The van der Waals surface area contributed by atoms with Crippen LogP contribution < -0.4 is 0 Å². The Hall–Kier alpha value is -1.14. The Morgan fingerprint density at radius 1 is 0.917 bits per heavy atom. The number of carboxylic acids is 2. The zero-order valence-electron chi connectivity index (χ0n) is 6.02. The molecule has 0 amide bonds. The number of hydrogen-bond donors (Lipinski definition) is 4. The average molecular weight is 176 g/mol. The van der Waals surface area contributed by atoms with Gasteiger partial charge in [-0.05, 0) is 12.8 Å². The second-order valence-corrected chi connectivity index (χ2v) is 2.83. The summed E-state index contributed by atoms with van der Waals surface area (Å²) < 4.78 is 0. The molecule has 0 aromatic heterocycles. The maximum absolute atomic E-state index is 10.4. The van der Waals surface area contributed by atoms with Gasteiger partial charge in [-0.25, -0.2) is 9.59 Å². The summed E-state index contributed by atoms with van der Waals surface area (Å²) in [6.45, 7) is 0. The molecule has 0 heterocycles. The van der Waals surface area contributed by atoms with E-state index in [0.717, 1.165) is 0 Å². The van der Waals surface area contributed by atoms with Gasteiger partial charge in [0, 0.05) is 0 Å². The molecule has 4 N–H and O–H groups in total. The van der Waals surface area contributed by atoms with Crippen LogP contribution in [0.2, 0.25) is 0 Å². The summed E-state index contributed by atoms with van der Waals surface area (Å²) in [5, 5.41) is 35.1. The van der Waals surface area contributed by atoms with Crippen molar-refractivity contribution >= 4 is 11.9 Å². The molecule has 0 saturated heterocycles. The van der Waals surface area contributed by atoms with E-state index >= 15 is 0 Å². The zero-order valence-corrected chi connectivity index (χ0v) is 6.02. The lowest BCUT2D eigenvalue weighted by atomic mass is 9.65. The van der Waals surface area contributed by atoms with Gasteiger partial charge in [0.15, 0.2) is 0 Å². The van der Waals surface area contributed by atoms with Gasteiger partial charge in [0.25, 0.3) is 0 Å². The minimum atomic E-state index is -2.53. The van der Waals surface area contributed by atoms with E-state index in [4.69, 9.17) is 20.4 Å². The molecule has 2 atom stereocenters. The number of aliphatic carboxylic acids is 2. The highest BCUT2D eigenvalue weighted by Gasteiger charge is 2.67. The number of carboxylic acid groups (broad SMARTS) is 2. The van der Waals surface area contributed by atoms with E-state index in [0.29, 0.717) is 0 Å². The van der Waals surface area contributed by atoms with E-state index in [1.165, 1.54) is 0 Å². The van der Waals surface area contributed by atoms with Gasteiger partial charge in [-0.1, -0.05) is 0 Å². The smallest absolute Gasteiger partial charge is 0.339 e. The standard InChI is InChI=1S/C6H8O6/c7-3(8)5(11)1-2-6(5,12)4(9)10/h11-12H,1-2H2,(H,7,8)(H,9,10). The van der Waals surface area contributed by atoms with E-state index in [1.807, 2.05) is 0 Å². The highest BCUT2D eigenvalue weighted by atomic mass is 16.5. The fraction of sp³-hybridized carbons (Fsp3) is 0.667. The molecular formula is C6H8O6. The van der Waals surface area contributed by atoms with Gasteiger partial charge in [-0.15, -0.1) is 0 Å². The Balaban J connectivity index is 2.97. The molecule has 0 aromatic rings. The highest BCUT2D eigenvalue weighted by Crippen LogP contribution is 2.42. The van der Waals surface area contributed by atoms with Gasteiger partial charge < -0.3 is 20.4 Å². The Bertz CT molecular complexity index is 222. The molecule has 12 heavy (non-hydrogen) atoms. The highest BCUT2D eigenvalue weighted by molar-refractivity contribution is 5.92. The summed E-state index contributed by atoms with van der Waals surface area (Å²) in [6, 6.07) is 0. The van der Waals surface area contributed by atoms with Crippen LogP contribution in [0, 0.1) is 0 Å². The lowest BCUT2D eigenvalue weighted by molar-refractivity contribution is -0.238. The second-order valence-electron chi connectivity index (χ2n) is 2.83. The third-order valence-corrected chi connectivity index (χ3v) is 2.24. The molecule has 0 aliphatic heterocycles. The van der Waals surface area contributed by atoms with Crippen LogP contribution in [0.3, 0.4) is 0 Å². The van der Waals surface area contributed by atoms with Gasteiger partial charge in [0.1, 0.15) is 0 Å². The molecule has 0 spiro atoms. The molecule has 0 bridgehead atoms. The average Bonchev–Trinajstić information content (AvgIpc) is 1.98. The molecule has 1 aliphatic carbocycles. The first-order valence-corrected chi connectivity index (χ1v) is 3.26. The third kappa shape index (κ3) is 0.759. The molecule has 1 fully saturated rings. The number of hydrogen-bond acceptors (Lipinski definition) is 4. The topological polar surface area (TPSA) is 115 Å². The van der Waals surface area contributed by atoms with Crippen LogP contribution in [0.25, 0.3) is 0 Å². The fourth-order valence-electron chi connectivity index (χ4n) is 1.17. The maximum Gasteiger partial charge on any atom is 0.339 e. The Morgan fingerprint density at radius 3 is 1.25 bits per heavy atom. The van der Waals surface area contributed by atoms with Gasteiger partial charge in [0.2, 0.25) is 11.2 Å². The van der Waals surface area contributed by atoms with Gasteiger partial charge >= 0.3 is 11.9 Å². The molecular weight excluding hydrogens is 168 g/mol. The predicted octanol–water partition coefficient (Wildman–Crippen LogP) is -1.59. The van der Waals surface area contributed by atoms with Crippen molar-refractivity contribution in [3.8, 4) is 0 Å². The van der Waals surface area contributed by atoms with Gasteiger partial charge in [-0.2, -0.15) is 0 Å². The summed E-state index contributed by atoms with van der Waals surface area (Å²) in [6.07, 6.45) is -0.490. The third-order valence-electron chi connectivity index (χ3n) is 2.24. The normalized spacial score (nSPS) is 40.2. The van der Waals surface area contributed by atoms with Crippen LogP contribution >= 0.6 is 0 Å². The molecule has 0 radical (unpaired) electrons. The van der Waals surface area contributed by atoms with E-state index in [2.05, 4.69) is 0 Å². The first kappa shape index (κ1) is 8.95. The molecule has 1 aliphatic rings. The summed E-state index contributed by atoms with van der Waals surface area (Å²) in [5.41, 5.74) is -5.06. The van der Waals surface area contributed by atoms with Gasteiger partial charge in [-0.3, -0.25) is 0 Å². The molecule has 6 heteroatoms. The van der Waals surface area contributed by atoms with E-state index in [9.17, 15) is 9.59 Å². The Morgan fingerprint density at radius 2 is 1.17 bits per heavy atom. The van der Waals surface area contributed by atoms with Crippen molar-refractivity contribution in [3.05, 3.63) is 0 Å². The van der Waals surface area contributed by atoms with Crippen LogP contribution in [-0.4, -0.2) is 43.6 Å². The van der Waals surface area contributed by atoms with E-state index < -0.39 is 23.1 Å².